The van der Waals surface area contributed by atoms with Crippen LogP contribution in [0.25, 0.3) is 5.13 Å². The molecule has 0 radical (unpaired) electrons. The number of aryl methyl sites for hydroxylation is 3. The maximum atomic E-state index is 12.5. The van der Waals surface area contributed by atoms with Gasteiger partial charge in [-0.25, -0.2) is 4.98 Å². The van der Waals surface area contributed by atoms with Crippen LogP contribution in [0.1, 0.15) is 32.9 Å². The maximum absolute atomic E-state index is 12.5. The van der Waals surface area contributed by atoms with Crippen LogP contribution in [0.4, 0.5) is 0 Å². The second-order valence-electron chi connectivity index (χ2n) is 6.47. The van der Waals surface area contributed by atoms with Crippen molar-refractivity contribution in [3.8, 4) is 10.9 Å². The SMILES string of the molecule is Cc1ccc(OCC(=O)NNC(=O)c2cc(C)n(-c3nccs3)c2C)cc1C. The predicted molar refractivity (Wildman–Crippen MR) is 108 cm³/mol. The van der Waals surface area contributed by atoms with Crippen molar-refractivity contribution in [3.05, 3.63) is 63.9 Å². The van der Waals surface area contributed by atoms with Crippen molar-refractivity contribution < 1.29 is 14.3 Å². The average Bonchev–Trinajstić information content (AvgIpc) is 3.28. The number of hydrazine groups is 1. The van der Waals surface area contributed by atoms with Gasteiger partial charge in [-0.3, -0.25) is 25.0 Å². The van der Waals surface area contributed by atoms with Crippen LogP contribution < -0.4 is 15.6 Å². The van der Waals surface area contributed by atoms with Gasteiger partial charge in [0, 0.05) is 23.0 Å². The highest BCUT2D eigenvalue weighted by atomic mass is 32.1. The maximum Gasteiger partial charge on any atom is 0.276 e. The Morgan fingerprint density at radius 1 is 1.11 bits per heavy atom. The van der Waals surface area contributed by atoms with Crippen LogP contribution in [-0.4, -0.2) is 28.0 Å². The van der Waals surface area contributed by atoms with Gasteiger partial charge in [0.15, 0.2) is 11.7 Å². The molecule has 2 heterocycles. The van der Waals surface area contributed by atoms with E-state index in [4.69, 9.17) is 4.74 Å². The summed E-state index contributed by atoms with van der Waals surface area (Å²) in [6.07, 6.45) is 1.72. The van der Waals surface area contributed by atoms with Crippen molar-refractivity contribution in [1.82, 2.24) is 20.4 Å². The normalized spacial score (nSPS) is 10.6. The molecular formula is C20H22N4O3S. The molecule has 2 aromatic heterocycles. The molecule has 0 bridgehead atoms. The van der Waals surface area contributed by atoms with Gasteiger partial charge >= 0.3 is 0 Å². The number of rotatable bonds is 5. The number of aromatic nitrogens is 2. The van der Waals surface area contributed by atoms with E-state index in [-0.39, 0.29) is 6.61 Å². The lowest BCUT2D eigenvalue weighted by Gasteiger charge is -2.10. The quantitative estimate of drug-likeness (QED) is 0.647. The summed E-state index contributed by atoms with van der Waals surface area (Å²) < 4.78 is 7.37. The highest BCUT2D eigenvalue weighted by molar-refractivity contribution is 7.12. The first-order valence-corrected chi connectivity index (χ1v) is 9.63. The van der Waals surface area contributed by atoms with Crippen molar-refractivity contribution in [2.45, 2.75) is 27.7 Å². The molecule has 3 aromatic rings. The Hall–Kier alpha value is -3.13. The molecule has 1 aromatic carbocycles. The van der Waals surface area contributed by atoms with E-state index in [2.05, 4.69) is 15.8 Å². The van der Waals surface area contributed by atoms with E-state index in [0.717, 1.165) is 27.6 Å². The Bertz CT molecular complexity index is 1010. The molecule has 0 saturated heterocycles. The molecule has 7 nitrogen and oxygen atoms in total. The number of nitrogens with zero attached hydrogens (tertiary/aromatic N) is 2. The minimum Gasteiger partial charge on any atom is -0.484 e. The molecule has 0 aliphatic carbocycles. The third-order valence-corrected chi connectivity index (χ3v) is 5.21. The Labute approximate surface area is 167 Å². The summed E-state index contributed by atoms with van der Waals surface area (Å²) in [5, 5.41) is 2.67. The van der Waals surface area contributed by atoms with E-state index < -0.39 is 11.8 Å². The highest BCUT2D eigenvalue weighted by Crippen LogP contribution is 2.22. The lowest BCUT2D eigenvalue weighted by atomic mass is 10.1. The van der Waals surface area contributed by atoms with E-state index >= 15 is 0 Å². The van der Waals surface area contributed by atoms with Crippen LogP contribution in [0.5, 0.6) is 5.75 Å². The summed E-state index contributed by atoms with van der Waals surface area (Å²) in [5.41, 5.74) is 9.17. The fourth-order valence-corrected chi connectivity index (χ4v) is 3.55. The fraction of sp³-hybridized carbons (Fsp3) is 0.250. The van der Waals surface area contributed by atoms with Crippen LogP contribution in [-0.2, 0) is 4.79 Å². The number of amides is 2. The van der Waals surface area contributed by atoms with Gasteiger partial charge in [-0.15, -0.1) is 11.3 Å². The number of carbonyl (C=O) groups excluding carboxylic acids is 2. The van der Waals surface area contributed by atoms with E-state index in [1.165, 1.54) is 11.3 Å². The van der Waals surface area contributed by atoms with Gasteiger partial charge in [-0.1, -0.05) is 6.07 Å². The van der Waals surface area contributed by atoms with E-state index in [1.807, 2.05) is 55.8 Å². The summed E-state index contributed by atoms with van der Waals surface area (Å²) in [5.74, 6) is -0.229. The van der Waals surface area contributed by atoms with Crippen LogP contribution in [0, 0.1) is 27.7 Å². The minimum absolute atomic E-state index is 0.194. The highest BCUT2D eigenvalue weighted by Gasteiger charge is 2.18. The molecule has 2 amide bonds. The molecule has 0 aliphatic heterocycles. The Kier molecular flexibility index (Phi) is 5.79. The van der Waals surface area contributed by atoms with Crippen molar-refractivity contribution >= 4 is 23.2 Å². The molecule has 28 heavy (non-hydrogen) atoms. The molecule has 0 saturated carbocycles. The first-order valence-electron chi connectivity index (χ1n) is 8.75. The Morgan fingerprint density at radius 3 is 2.57 bits per heavy atom. The molecule has 0 fully saturated rings. The molecule has 8 heteroatoms. The zero-order valence-corrected chi connectivity index (χ0v) is 17.0. The molecule has 3 rings (SSSR count). The lowest BCUT2D eigenvalue weighted by molar-refractivity contribution is -0.123. The largest absolute Gasteiger partial charge is 0.484 e. The first-order chi connectivity index (χ1) is 13.4. The summed E-state index contributed by atoms with van der Waals surface area (Å²) in [7, 11) is 0. The molecular weight excluding hydrogens is 376 g/mol. The van der Waals surface area contributed by atoms with Gasteiger partial charge in [0.05, 0.1) is 5.56 Å². The van der Waals surface area contributed by atoms with Gasteiger partial charge in [0.1, 0.15) is 5.75 Å². The predicted octanol–water partition coefficient (Wildman–Crippen LogP) is 3.01. The standard InChI is InChI=1S/C20H22N4O3S/c1-12-5-6-16(9-13(12)2)27-11-18(25)22-23-19(26)17-10-14(3)24(15(17)4)20-21-7-8-28-20/h5-10H,11H2,1-4H3,(H,22,25)(H,23,26). The smallest absolute Gasteiger partial charge is 0.276 e. The Morgan fingerprint density at radius 2 is 1.89 bits per heavy atom. The second-order valence-corrected chi connectivity index (χ2v) is 7.34. The average molecular weight is 398 g/mol. The fourth-order valence-electron chi connectivity index (χ4n) is 2.80. The Balaban J connectivity index is 1.57. The van der Waals surface area contributed by atoms with Crippen LogP contribution >= 0.6 is 11.3 Å². The number of thiazole rings is 1. The summed E-state index contributed by atoms with van der Waals surface area (Å²) in [6.45, 7) is 7.54. The molecule has 0 aliphatic rings. The number of hydrogen-bond acceptors (Lipinski definition) is 5. The topological polar surface area (TPSA) is 85.3 Å². The number of benzene rings is 1. The first kappa shape index (κ1) is 19.6. The zero-order chi connectivity index (χ0) is 20.3. The molecule has 2 N–H and O–H groups in total. The van der Waals surface area contributed by atoms with Gasteiger partial charge in [-0.05, 0) is 57.0 Å². The van der Waals surface area contributed by atoms with Gasteiger partial charge in [0.2, 0.25) is 0 Å². The molecule has 0 spiro atoms. The third-order valence-electron chi connectivity index (χ3n) is 4.45. The summed E-state index contributed by atoms with van der Waals surface area (Å²) >= 11 is 1.49. The number of carbonyl (C=O) groups is 2. The van der Waals surface area contributed by atoms with E-state index in [9.17, 15) is 9.59 Å². The van der Waals surface area contributed by atoms with E-state index in [0.29, 0.717) is 11.3 Å². The number of hydrogen-bond donors (Lipinski definition) is 2. The van der Waals surface area contributed by atoms with Crippen molar-refractivity contribution in [2.75, 3.05) is 6.61 Å². The van der Waals surface area contributed by atoms with Crippen molar-refractivity contribution in [2.24, 2.45) is 0 Å². The number of ether oxygens (including phenoxy) is 1. The summed E-state index contributed by atoms with van der Waals surface area (Å²) in [4.78, 5) is 28.7. The number of nitrogens with one attached hydrogen (secondary N) is 2. The lowest BCUT2D eigenvalue weighted by Crippen LogP contribution is -2.44. The molecule has 0 atom stereocenters. The third kappa shape index (κ3) is 4.23. The van der Waals surface area contributed by atoms with Crippen LogP contribution in [0.2, 0.25) is 0 Å². The van der Waals surface area contributed by atoms with Crippen LogP contribution in [0.15, 0.2) is 35.8 Å². The van der Waals surface area contributed by atoms with Gasteiger partial charge < -0.3 is 4.74 Å². The van der Waals surface area contributed by atoms with Crippen molar-refractivity contribution in [1.29, 1.82) is 0 Å². The van der Waals surface area contributed by atoms with E-state index in [1.54, 1.807) is 12.3 Å². The minimum atomic E-state index is -0.444. The second kappa shape index (κ2) is 8.26. The molecule has 0 unspecified atom stereocenters. The van der Waals surface area contributed by atoms with Crippen LogP contribution in [0.3, 0.4) is 0 Å². The zero-order valence-electron chi connectivity index (χ0n) is 16.2. The monoisotopic (exact) mass is 398 g/mol. The van der Waals surface area contributed by atoms with Gasteiger partial charge in [0.25, 0.3) is 11.8 Å². The van der Waals surface area contributed by atoms with Gasteiger partial charge in [-0.2, -0.15) is 0 Å². The molecule has 146 valence electrons. The summed E-state index contributed by atoms with van der Waals surface area (Å²) in [6, 6.07) is 7.38. The van der Waals surface area contributed by atoms with Crippen molar-refractivity contribution in [3.63, 3.8) is 0 Å².